The SMILES string of the molecule is C[C@@H]1Cc2nn3c(c2CN1C(=O)c1ccc(Cl)c(Cl)c1)C(=O)NCC3O. The van der Waals surface area contributed by atoms with Crippen LogP contribution >= 0.6 is 23.2 Å². The molecule has 0 aliphatic carbocycles. The number of halogens is 2. The first-order valence-corrected chi connectivity index (χ1v) is 8.95. The average molecular weight is 395 g/mol. The fourth-order valence-electron chi connectivity index (χ4n) is 3.44. The lowest BCUT2D eigenvalue weighted by Crippen LogP contribution is -2.44. The van der Waals surface area contributed by atoms with Gasteiger partial charge in [0.2, 0.25) is 0 Å². The van der Waals surface area contributed by atoms with Crippen LogP contribution in [0, 0.1) is 0 Å². The number of hydrogen-bond acceptors (Lipinski definition) is 4. The van der Waals surface area contributed by atoms with Crippen molar-refractivity contribution in [1.29, 1.82) is 0 Å². The lowest BCUT2D eigenvalue weighted by molar-refractivity contribution is 0.0586. The highest BCUT2D eigenvalue weighted by Gasteiger charge is 2.37. The van der Waals surface area contributed by atoms with Crippen molar-refractivity contribution in [2.45, 2.75) is 32.2 Å². The van der Waals surface area contributed by atoms with Gasteiger partial charge in [0.25, 0.3) is 11.8 Å². The van der Waals surface area contributed by atoms with E-state index < -0.39 is 6.23 Å². The summed E-state index contributed by atoms with van der Waals surface area (Å²) in [4.78, 5) is 26.9. The van der Waals surface area contributed by atoms with Gasteiger partial charge in [0.15, 0.2) is 6.23 Å². The minimum absolute atomic E-state index is 0.110. The Hall–Kier alpha value is -2.09. The summed E-state index contributed by atoms with van der Waals surface area (Å²) >= 11 is 12.0. The van der Waals surface area contributed by atoms with Gasteiger partial charge in [0.05, 0.1) is 28.8 Å². The molecule has 136 valence electrons. The first kappa shape index (κ1) is 17.3. The number of nitrogens with zero attached hydrogens (tertiary/aromatic N) is 3. The summed E-state index contributed by atoms with van der Waals surface area (Å²) in [6.07, 6.45) is -0.398. The molecule has 0 bridgehead atoms. The molecule has 2 aliphatic heterocycles. The molecule has 4 rings (SSSR count). The molecule has 2 aromatic rings. The molecule has 0 saturated heterocycles. The van der Waals surface area contributed by atoms with Gasteiger partial charge in [-0.05, 0) is 25.1 Å². The maximum absolute atomic E-state index is 13.0. The normalized spacial score (nSPS) is 21.8. The Bertz CT molecular complexity index is 927. The van der Waals surface area contributed by atoms with Crippen molar-refractivity contribution >= 4 is 35.0 Å². The van der Waals surface area contributed by atoms with Crippen molar-refractivity contribution in [2.24, 2.45) is 0 Å². The minimum Gasteiger partial charge on any atom is -0.370 e. The van der Waals surface area contributed by atoms with Gasteiger partial charge in [-0.3, -0.25) is 9.59 Å². The van der Waals surface area contributed by atoms with E-state index >= 15 is 0 Å². The molecule has 1 aromatic heterocycles. The zero-order valence-corrected chi connectivity index (χ0v) is 15.4. The number of nitrogens with one attached hydrogen (secondary N) is 1. The largest absolute Gasteiger partial charge is 0.370 e. The van der Waals surface area contributed by atoms with E-state index in [0.29, 0.717) is 33.3 Å². The Morgan fingerprint density at radius 2 is 2.12 bits per heavy atom. The molecule has 2 N–H and O–H groups in total. The van der Waals surface area contributed by atoms with Crippen LogP contribution in [0.5, 0.6) is 0 Å². The van der Waals surface area contributed by atoms with Crippen molar-refractivity contribution in [3.05, 3.63) is 50.8 Å². The summed E-state index contributed by atoms with van der Waals surface area (Å²) in [6, 6.07) is 4.64. The minimum atomic E-state index is -0.900. The van der Waals surface area contributed by atoms with E-state index in [1.807, 2.05) is 6.92 Å². The number of rotatable bonds is 1. The van der Waals surface area contributed by atoms with Gasteiger partial charge in [0.1, 0.15) is 5.69 Å². The number of aliphatic hydroxyl groups excluding tert-OH is 1. The van der Waals surface area contributed by atoms with Crippen LogP contribution in [0.25, 0.3) is 0 Å². The van der Waals surface area contributed by atoms with Gasteiger partial charge in [0, 0.05) is 23.6 Å². The number of fused-ring (bicyclic) bond motifs is 3. The zero-order valence-electron chi connectivity index (χ0n) is 13.9. The lowest BCUT2D eigenvalue weighted by atomic mass is 9.98. The van der Waals surface area contributed by atoms with Crippen molar-refractivity contribution < 1.29 is 14.7 Å². The second-order valence-electron chi connectivity index (χ2n) is 6.52. The van der Waals surface area contributed by atoms with E-state index in [1.165, 1.54) is 4.68 Å². The van der Waals surface area contributed by atoms with E-state index in [-0.39, 0.29) is 30.9 Å². The van der Waals surface area contributed by atoms with Crippen molar-refractivity contribution in [2.75, 3.05) is 6.54 Å². The molecule has 1 aromatic carbocycles. The number of aliphatic hydroxyl groups is 1. The second-order valence-corrected chi connectivity index (χ2v) is 7.34. The van der Waals surface area contributed by atoms with Crippen LogP contribution < -0.4 is 5.32 Å². The molecule has 3 heterocycles. The van der Waals surface area contributed by atoms with Crippen molar-refractivity contribution in [1.82, 2.24) is 20.0 Å². The quantitative estimate of drug-likeness (QED) is 0.774. The third-order valence-electron chi connectivity index (χ3n) is 4.81. The molecule has 0 fully saturated rings. The third kappa shape index (κ3) is 2.67. The van der Waals surface area contributed by atoms with E-state index in [0.717, 1.165) is 5.69 Å². The van der Waals surface area contributed by atoms with E-state index in [1.54, 1.807) is 23.1 Å². The monoisotopic (exact) mass is 394 g/mol. The summed E-state index contributed by atoms with van der Waals surface area (Å²) in [7, 11) is 0. The number of amides is 2. The lowest BCUT2D eigenvalue weighted by Gasteiger charge is -2.33. The van der Waals surface area contributed by atoms with Crippen molar-refractivity contribution in [3.63, 3.8) is 0 Å². The van der Waals surface area contributed by atoms with Crippen LogP contribution in [0.2, 0.25) is 10.0 Å². The fourth-order valence-corrected chi connectivity index (χ4v) is 3.74. The van der Waals surface area contributed by atoms with Gasteiger partial charge in [-0.2, -0.15) is 5.10 Å². The molecular weight excluding hydrogens is 379 g/mol. The first-order chi connectivity index (χ1) is 12.4. The number of β-amino-alcohol motifs (C(OH)–C–C–N with tert-alkyl or cyclic N) is 1. The summed E-state index contributed by atoms with van der Waals surface area (Å²) < 4.78 is 1.35. The van der Waals surface area contributed by atoms with Crippen molar-refractivity contribution in [3.8, 4) is 0 Å². The predicted molar refractivity (Wildman–Crippen MR) is 95.3 cm³/mol. The molecule has 7 nitrogen and oxygen atoms in total. The third-order valence-corrected chi connectivity index (χ3v) is 5.55. The fraction of sp³-hybridized carbons (Fsp3) is 0.353. The molecule has 0 radical (unpaired) electrons. The zero-order chi connectivity index (χ0) is 18.6. The highest BCUT2D eigenvalue weighted by atomic mass is 35.5. The first-order valence-electron chi connectivity index (χ1n) is 8.19. The Balaban J connectivity index is 1.70. The highest BCUT2D eigenvalue weighted by molar-refractivity contribution is 6.42. The van der Waals surface area contributed by atoms with E-state index in [4.69, 9.17) is 23.2 Å². The standard InChI is InChI=1S/C17H16Cl2N4O3/c1-8-4-13-10(15-16(25)20-6-14(24)23(15)21-13)7-22(8)17(26)9-2-3-11(18)12(19)5-9/h2-3,5,8,14,24H,4,6-7H2,1H3,(H,20,25)/t8-,14?/m1/s1. The predicted octanol–water partition coefficient (Wildman–Crippen LogP) is 2.01. The molecular formula is C17H16Cl2N4O3. The summed E-state index contributed by atoms with van der Waals surface area (Å²) in [5.74, 6) is -0.487. The maximum Gasteiger partial charge on any atom is 0.270 e. The van der Waals surface area contributed by atoms with Crippen LogP contribution in [0.1, 0.15) is 45.3 Å². The number of aromatic nitrogens is 2. The van der Waals surface area contributed by atoms with Gasteiger partial charge in [-0.15, -0.1) is 0 Å². The Labute approximate surface area is 159 Å². The van der Waals surface area contributed by atoms with Gasteiger partial charge < -0.3 is 15.3 Å². The molecule has 1 unspecified atom stereocenters. The Morgan fingerprint density at radius 1 is 1.35 bits per heavy atom. The molecule has 2 atom stereocenters. The number of carbonyl (C=O) groups is 2. The van der Waals surface area contributed by atoms with E-state index in [9.17, 15) is 14.7 Å². The summed E-state index contributed by atoms with van der Waals surface area (Å²) in [5.41, 5.74) is 2.16. The molecule has 2 aliphatic rings. The molecule has 9 heteroatoms. The summed E-state index contributed by atoms with van der Waals surface area (Å²) in [6.45, 7) is 2.28. The second kappa shape index (κ2) is 6.26. The van der Waals surface area contributed by atoms with Crippen LogP contribution in [-0.2, 0) is 13.0 Å². The molecule has 2 amide bonds. The van der Waals surface area contributed by atoms with Gasteiger partial charge >= 0.3 is 0 Å². The smallest absolute Gasteiger partial charge is 0.270 e. The van der Waals surface area contributed by atoms with Crippen LogP contribution in [0.15, 0.2) is 18.2 Å². The topological polar surface area (TPSA) is 87.5 Å². The molecule has 0 saturated carbocycles. The van der Waals surface area contributed by atoms with Gasteiger partial charge in [-0.1, -0.05) is 23.2 Å². The maximum atomic E-state index is 13.0. The van der Waals surface area contributed by atoms with Crippen LogP contribution in [-0.4, -0.2) is 44.2 Å². The van der Waals surface area contributed by atoms with Crippen LogP contribution in [0.4, 0.5) is 0 Å². The molecule has 26 heavy (non-hydrogen) atoms. The number of benzene rings is 1. The average Bonchev–Trinajstić information content (AvgIpc) is 2.98. The summed E-state index contributed by atoms with van der Waals surface area (Å²) in [5, 5.41) is 17.8. The van der Waals surface area contributed by atoms with E-state index in [2.05, 4.69) is 10.4 Å². The Kier molecular flexibility index (Phi) is 4.17. The number of hydrogen-bond donors (Lipinski definition) is 2. The van der Waals surface area contributed by atoms with Crippen LogP contribution in [0.3, 0.4) is 0 Å². The highest BCUT2D eigenvalue weighted by Crippen LogP contribution is 2.30. The van der Waals surface area contributed by atoms with Gasteiger partial charge in [-0.25, -0.2) is 4.68 Å². The number of carbonyl (C=O) groups excluding carboxylic acids is 2. The molecule has 0 spiro atoms. The Morgan fingerprint density at radius 3 is 2.85 bits per heavy atom.